The van der Waals surface area contributed by atoms with Crippen LogP contribution in [0.2, 0.25) is 0 Å². The topological polar surface area (TPSA) is 127 Å². The second-order valence-electron chi connectivity index (χ2n) is 9.18. The maximum absolute atomic E-state index is 12.3. The summed E-state index contributed by atoms with van der Waals surface area (Å²) < 4.78 is 4.96. The first kappa shape index (κ1) is 27.0. The molecule has 0 bridgehead atoms. The largest absolute Gasteiger partial charge is 0.465 e. The van der Waals surface area contributed by atoms with E-state index < -0.39 is 0 Å². The van der Waals surface area contributed by atoms with Gasteiger partial charge in [-0.15, -0.1) is 11.3 Å². The van der Waals surface area contributed by atoms with Crippen molar-refractivity contribution in [2.45, 2.75) is 46.2 Å². The minimum absolute atomic E-state index is 0.139. The number of methoxy groups -OCH3 is 1. The second kappa shape index (κ2) is 11.9. The molecule has 3 aromatic rings. The molecule has 0 aliphatic heterocycles. The molecule has 1 aromatic carbocycles. The first-order chi connectivity index (χ1) is 17.2. The fourth-order valence-corrected chi connectivity index (χ4v) is 4.44. The summed E-state index contributed by atoms with van der Waals surface area (Å²) in [5.41, 5.74) is 10.8. The Morgan fingerprint density at radius 1 is 1.22 bits per heavy atom. The summed E-state index contributed by atoms with van der Waals surface area (Å²) >= 11 is 1.40. The van der Waals surface area contributed by atoms with Gasteiger partial charge in [-0.2, -0.15) is 0 Å². The minimum Gasteiger partial charge on any atom is -0.465 e. The molecule has 0 aliphatic carbocycles. The third-order valence-electron chi connectivity index (χ3n) is 5.32. The van der Waals surface area contributed by atoms with Crippen LogP contribution in [0.1, 0.15) is 52.3 Å². The van der Waals surface area contributed by atoms with Crippen LogP contribution in [0, 0.1) is 6.92 Å². The molecule has 2 heterocycles. The van der Waals surface area contributed by atoms with Crippen LogP contribution in [0.15, 0.2) is 47.4 Å². The number of rotatable bonds is 9. The molecule has 0 radical (unpaired) electrons. The zero-order valence-electron chi connectivity index (χ0n) is 21.5. The van der Waals surface area contributed by atoms with Crippen LogP contribution in [0.25, 0.3) is 11.3 Å². The number of benzene rings is 1. The predicted octanol–water partition coefficient (Wildman–Crippen LogP) is 4.20. The van der Waals surface area contributed by atoms with Crippen molar-refractivity contribution in [3.8, 4) is 11.3 Å². The maximum atomic E-state index is 12.3. The highest BCUT2D eigenvalue weighted by atomic mass is 32.1. The fraction of sp³-hybridized carbons (Fsp3) is 0.346. The van der Waals surface area contributed by atoms with E-state index in [1.165, 1.54) is 24.6 Å². The van der Waals surface area contributed by atoms with Gasteiger partial charge in [-0.1, -0.05) is 32.9 Å². The van der Waals surface area contributed by atoms with Crippen LogP contribution in [0.3, 0.4) is 0 Å². The molecule has 10 heteroatoms. The average molecular weight is 508 g/mol. The van der Waals surface area contributed by atoms with Gasteiger partial charge >= 0.3 is 5.97 Å². The number of aliphatic imine (C=N–C) groups is 1. The molecule has 190 valence electrons. The number of nitrogens with two attached hydrogens (primary N) is 1. The van der Waals surface area contributed by atoms with E-state index in [2.05, 4.69) is 65.4 Å². The van der Waals surface area contributed by atoms with E-state index in [0.717, 1.165) is 27.4 Å². The number of carbonyl (C=O) groups excluding carboxylic acids is 1. The van der Waals surface area contributed by atoms with E-state index in [9.17, 15) is 4.79 Å². The maximum Gasteiger partial charge on any atom is 0.350 e. The Morgan fingerprint density at radius 3 is 2.64 bits per heavy atom. The zero-order chi connectivity index (χ0) is 26.3. The molecule has 4 N–H and O–H groups in total. The Hall–Kier alpha value is -3.63. The van der Waals surface area contributed by atoms with Crippen molar-refractivity contribution in [2.24, 2.45) is 10.7 Å². The molecule has 0 atom stereocenters. The van der Waals surface area contributed by atoms with E-state index in [0.29, 0.717) is 35.3 Å². The average Bonchev–Trinajstić information content (AvgIpc) is 3.29. The van der Waals surface area contributed by atoms with Crippen LogP contribution >= 0.6 is 11.3 Å². The smallest absolute Gasteiger partial charge is 0.350 e. The van der Waals surface area contributed by atoms with Crippen molar-refractivity contribution >= 4 is 29.5 Å². The monoisotopic (exact) mass is 507 g/mol. The van der Waals surface area contributed by atoms with Crippen LogP contribution in [-0.2, 0) is 23.2 Å². The van der Waals surface area contributed by atoms with Gasteiger partial charge in [0.05, 0.1) is 29.2 Å². The molecule has 3 rings (SSSR count). The van der Waals surface area contributed by atoms with E-state index >= 15 is 0 Å². The van der Waals surface area contributed by atoms with Crippen molar-refractivity contribution in [1.29, 1.82) is 0 Å². The molecule has 36 heavy (non-hydrogen) atoms. The van der Waals surface area contributed by atoms with Gasteiger partial charge in [0.15, 0.2) is 0 Å². The number of nitrogens with one attached hydrogen (secondary N) is 2. The number of carbonyl (C=O) groups is 1. The number of aryl methyl sites for hydroxylation is 1. The number of aromatic nitrogens is 3. The first-order valence-corrected chi connectivity index (χ1v) is 12.3. The lowest BCUT2D eigenvalue weighted by atomic mass is 9.98. The fourth-order valence-electron chi connectivity index (χ4n) is 3.38. The number of hydrogen-bond donors (Lipinski definition) is 3. The Bertz CT molecular complexity index is 1280. The second-order valence-corrected chi connectivity index (χ2v) is 10.2. The van der Waals surface area contributed by atoms with Crippen molar-refractivity contribution in [2.75, 3.05) is 19.5 Å². The molecule has 0 saturated heterocycles. The minimum atomic E-state index is -0.352. The predicted molar refractivity (Wildman–Crippen MR) is 145 cm³/mol. The Kier molecular flexibility index (Phi) is 8.89. The Morgan fingerprint density at radius 2 is 2.00 bits per heavy atom. The molecule has 0 fully saturated rings. The van der Waals surface area contributed by atoms with Gasteiger partial charge in [0.1, 0.15) is 4.88 Å². The highest BCUT2D eigenvalue weighted by Crippen LogP contribution is 2.30. The molecule has 0 unspecified atom stereocenters. The Balaban J connectivity index is 1.71. The van der Waals surface area contributed by atoms with Gasteiger partial charge in [-0.25, -0.2) is 19.7 Å². The quantitative estimate of drug-likeness (QED) is 0.291. The molecule has 9 nitrogen and oxygen atoms in total. The van der Waals surface area contributed by atoms with E-state index in [1.807, 2.05) is 12.1 Å². The number of hydrogen-bond acceptors (Lipinski definition) is 10. The van der Waals surface area contributed by atoms with E-state index in [-0.39, 0.29) is 11.4 Å². The summed E-state index contributed by atoms with van der Waals surface area (Å²) in [6, 6.07) is 8.06. The van der Waals surface area contributed by atoms with Gasteiger partial charge < -0.3 is 21.1 Å². The van der Waals surface area contributed by atoms with E-state index in [4.69, 9.17) is 15.5 Å². The highest BCUT2D eigenvalue weighted by molar-refractivity contribution is 7.13. The molecule has 0 amide bonds. The van der Waals surface area contributed by atoms with Gasteiger partial charge in [0.25, 0.3) is 0 Å². The summed E-state index contributed by atoms with van der Waals surface area (Å²) in [6.07, 6.45) is 4.72. The van der Waals surface area contributed by atoms with Gasteiger partial charge in [0.2, 0.25) is 5.95 Å². The van der Waals surface area contributed by atoms with Gasteiger partial charge in [-0.05, 0) is 30.2 Å². The lowest BCUT2D eigenvalue weighted by molar-refractivity contribution is 0.0604. The number of nitrogens with zero attached hydrogens (tertiary/aromatic N) is 4. The molecule has 0 spiro atoms. The van der Waals surface area contributed by atoms with Crippen molar-refractivity contribution in [3.63, 3.8) is 0 Å². The Labute approximate surface area is 216 Å². The van der Waals surface area contributed by atoms with Gasteiger partial charge in [-0.3, -0.25) is 4.99 Å². The summed E-state index contributed by atoms with van der Waals surface area (Å²) in [5, 5.41) is 7.39. The third kappa shape index (κ3) is 6.73. The first-order valence-electron chi connectivity index (χ1n) is 11.5. The number of allylic oxidation sites excluding steroid dienone is 1. The lowest BCUT2D eigenvalue weighted by Crippen LogP contribution is -2.17. The molecule has 0 saturated carbocycles. The zero-order valence-corrected chi connectivity index (χ0v) is 22.4. The van der Waals surface area contributed by atoms with Crippen molar-refractivity contribution in [1.82, 2.24) is 20.3 Å². The normalized spacial score (nSPS) is 12.2. The van der Waals surface area contributed by atoms with Crippen molar-refractivity contribution < 1.29 is 9.53 Å². The number of anilines is 1. The van der Waals surface area contributed by atoms with Crippen LogP contribution in [0.5, 0.6) is 0 Å². The third-order valence-corrected chi connectivity index (χ3v) is 6.82. The number of thiazole rings is 1. The highest BCUT2D eigenvalue weighted by Gasteiger charge is 2.25. The van der Waals surface area contributed by atoms with Gasteiger partial charge in [0, 0.05) is 49.7 Å². The van der Waals surface area contributed by atoms with Crippen LogP contribution < -0.4 is 16.4 Å². The van der Waals surface area contributed by atoms with Crippen LogP contribution in [-0.4, -0.2) is 41.3 Å². The summed E-state index contributed by atoms with van der Waals surface area (Å²) in [4.78, 5) is 30.3. The number of esters is 1. The van der Waals surface area contributed by atoms with E-state index in [1.54, 1.807) is 19.5 Å². The lowest BCUT2D eigenvalue weighted by Gasteiger charge is -2.13. The standard InChI is InChI=1S/C26H33N7O2S/c1-16-11-17(20-9-10-30-25(33-20)31-19(12-27)14-28-5)7-8-18(16)13-29-15-21-22(23(34)35-6)36-24(32-21)26(2,3)4/h7-12,14,29H,13,15,27H2,1-6H3,(H,30,31,33). The summed E-state index contributed by atoms with van der Waals surface area (Å²) in [7, 11) is 3.06. The summed E-state index contributed by atoms with van der Waals surface area (Å²) in [5.74, 6) is 0.0851. The molecule has 2 aromatic heterocycles. The molecular formula is C26H33N7O2S. The van der Waals surface area contributed by atoms with Crippen LogP contribution in [0.4, 0.5) is 5.95 Å². The molecule has 0 aliphatic rings. The molecular weight excluding hydrogens is 474 g/mol. The van der Waals surface area contributed by atoms with Crippen molar-refractivity contribution in [3.05, 3.63) is 69.1 Å². The SMILES string of the molecule is CN=CC(=CN)Nc1nccc(-c2ccc(CNCc3nc(C(C)(C)C)sc3C(=O)OC)c(C)c2)n1. The number of ether oxygens (including phenoxy) is 1. The summed E-state index contributed by atoms with van der Waals surface area (Å²) in [6.45, 7) is 9.41.